The number of carbonyl (C=O) groups excluding carboxylic acids is 1. The third-order valence-electron chi connectivity index (χ3n) is 3.16. The summed E-state index contributed by atoms with van der Waals surface area (Å²) in [5, 5.41) is 11.1. The van der Waals surface area contributed by atoms with Crippen molar-refractivity contribution < 1.29 is 18.4 Å². The van der Waals surface area contributed by atoms with E-state index in [1.807, 2.05) is 0 Å². The molecular weight excluding hydrogens is 411 g/mol. The summed E-state index contributed by atoms with van der Waals surface area (Å²) in [5.74, 6) is -1.54. The number of nitrogens with zero attached hydrogens (tertiary/aromatic N) is 3. The number of alkyl halides is 1. The summed E-state index contributed by atoms with van der Waals surface area (Å²) >= 11 is 3.28. The van der Waals surface area contributed by atoms with Gasteiger partial charge in [0.2, 0.25) is 5.91 Å². The topological polar surface area (TPSA) is 95.3 Å². The van der Waals surface area contributed by atoms with E-state index in [2.05, 4.69) is 31.6 Å². The summed E-state index contributed by atoms with van der Waals surface area (Å²) in [7, 11) is -3.71. The van der Waals surface area contributed by atoms with Crippen LogP contribution in [0.1, 0.15) is 35.8 Å². The SMILES string of the molecule is CCOP(=O)(OCC)C(NC(=O)c1ccccc1)n1cc(CBr)nn1. The number of carbonyl (C=O) groups is 1. The zero-order chi connectivity index (χ0) is 18.3. The first kappa shape index (κ1) is 19.8. The summed E-state index contributed by atoms with van der Waals surface area (Å²) in [6.45, 7) is 3.73. The number of amides is 1. The molecule has 0 aliphatic carbocycles. The zero-order valence-corrected chi connectivity index (χ0v) is 16.4. The number of rotatable bonds is 9. The van der Waals surface area contributed by atoms with Crippen LogP contribution in [0.25, 0.3) is 0 Å². The van der Waals surface area contributed by atoms with E-state index in [0.717, 1.165) is 0 Å². The molecule has 8 nitrogen and oxygen atoms in total. The Bertz CT molecular complexity index is 730. The summed E-state index contributed by atoms with van der Waals surface area (Å²) in [5.41, 5.74) is 1.05. The van der Waals surface area contributed by atoms with Crippen LogP contribution < -0.4 is 5.32 Å². The van der Waals surface area contributed by atoms with E-state index in [1.165, 1.54) is 4.68 Å². The molecule has 136 valence electrons. The number of benzene rings is 1. The van der Waals surface area contributed by atoms with Gasteiger partial charge in [0.05, 0.1) is 25.1 Å². The van der Waals surface area contributed by atoms with Gasteiger partial charge in [-0.3, -0.25) is 9.36 Å². The molecule has 1 atom stereocenters. The van der Waals surface area contributed by atoms with E-state index in [9.17, 15) is 9.36 Å². The fraction of sp³-hybridized carbons (Fsp3) is 0.400. The Hall–Kier alpha value is -1.54. The van der Waals surface area contributed by atoms with Gasteiger partial charge in [0.15, 0.2) is 0 Å². The molecule has 0 aliphatic rings. The molecule has 1 aromatic heterocycles. The Labute approximate surface area is 154 Å². The first-order valence-electron chi connectivity index (χ1n) is 7.75. The predicted octanol–water partition coefficient (Wildman–Crippen LogP) is 3.33. The lowest BCUT2D eigenvalue weighted by atomic mass is 10.2. The van der Waals surface area contributed by atoms with E-state index in [0.29, 0.717) is 16.6 Å². The van der Waals surface area contributed by atoms with Gasteiger partial charge in [0.25, 0.3) is 5.91 Å². The third kappa shape index (κ3) is 4.98. The molecule has 0 fully saturated rings. The minimum absolute atomic E-state index is 0.162. The van der Waals surface area contributed by atoms with Gasteiger partial charge in [0, 0.05) is 10.9 Å². The highest BCUT2D eigenvalue weighted by Crippen LogP contribution is 2.57. The van der Waals surface area contributed by atoms with Crippen LogP contribution in [-0.2, 0) is 18.9 Å². The van der Waals surface area contributed by atoms with E-state index in [-0.39, 0.29) is 13.2 Å². The van der Waals surface area contributed by atoms with Crippen LogP contribution in [0.5, 0.6) is 0 Å². The average Bonchev–Trinajstić information content (AvgIpc) is 3.09. The quantitative estimate of drug-likeness (QED) is 0.484. The van der Waals surface area contributed by atoms with Crippen molar-refractivity contribution in [3.8, 4) is 0 Å². The second-order valence-electron chi connectivity index (χ2n) is 4.91. The molecule has 0 spiro atoms. The van der Waals surface area contributed by atoms with E-state index >= 15 is 0 Å². The maximum absolute atomic E-state index is 13.2. The molecule has 2 rings (SSSR count). The van der Waals surface area contributed by atoms with Crippen LogP contribution in [0.2, 0.25) is 0 Å². The van der Waals surface area contributed by atoms with Crippen molar-refractivity contribution in [2.75, 3.05) is 13.2 Å². The summed E-state index contributed by atoms with van der Waals surface area (Å²) in [6.07, 6.45) is 1.58. The molecule has 10 heteroatoms. The molecule has 1 unspecified atom stereocenters. The number of nitrogens with one attached hydrogen (secondary N) is 1. The first-order valence-corrected chi connectivity index (χ1v) is 10.5. The lowest BCUT2D eigenvalue weighted by Crippen LogP contribution is -2.34. The van der Waals surface area contributed by atoms with Gasteiger partial charge >= 0.3 is 7.60 Å². The highest BCUT2D eigenvalue weighted by atomic mass is 79.9. The predicted molar refractivity (Wildman–Crippen MR) is 96.5 cm³/mol. The van der Waals surface area contributed by atoms with Crippen molar-refractivity contribution >= 4 is 29.4 Å². The lowest BCUT2D eigenvalue weighted by molar-refractivity contribution is 0.0917. The smallest absolute Gasteiger partial charge is 0.320 e. The fourth-order valence-corrected chi connectivity index (χ4v) is 4.12. The lowest BCUT2D eigenvalue weighted by Gasteiger charge is -2.26. The molecule has 0 aliphatic heterocycles. The molecular formula is C15H20BrN4O4P. The van der Waals surface area contributed by atoms with Crippen molar-refractivity contribution in [3.05, 3.63) is 47.8 Å². The highest BCUT2D eigenvalue weighted by molar-refractivity contribution is 9.08. The molecule has 1 N–H and O–H groups in total. The first-order chi connectivity index (χ1) is 12.0. The van der Waals surface area contributed by atoms with Crippen LogP contribution in [0.4, 0.5) is 0 Å². The Morgan fingerprint density at radius 1 is 1.28 bits per heavy atom. The molecule has 0 saturated carbocycles. The van der Waals surface area contributed by atoms with Crippen LogP contribution in [-0.4, -0.2) is 34.1 Å². The molecule has 0 bridgehead atoms. The minimum atomic E-state index is -3.71. The van der Waals surface area contributed by atoms with Crippen molar-refractivity contribution in [2.45, 2.75) is 25.1 Å². The van der Waals surface area contributed by atoms with Crippen LogP contribution >= 0.6 is 23.5 Å². The molecule has 2 aromatic rings. The minimum Gasteiger partial charge on any atom is -0.320 e. The molecule has 0 radical (unpaired) electrons. The van der Waals surface area contributed by atoms with Gasteiger partial charge in [-0.15, -0.1) is 5.10 Å². The fourth-order valence-electron chi connectivity index (χ4n) is 2.11. The third-order valence-corrected chi connectivity index (χ3v) is 5.93. The normalized spacial score (nSPS) is 12.8. The number of aromatic nitrogens is 3. The second kappa shape index (κ2) is 9.24. The molecule has 0 saturated heterocycles. The van der Waals surface area contributed by atoms with Crippen molar-refractivity contribution in [1.82, 2.24) is 20.3 Å². The average molecular weight is 431 g/mol. The van der Waals surface area contributed by atoms with Crippen molar-refractivity contribution in [2.24, 2.45) is 0 Å². The van der Waals surface area contributed by atoms with Crippen LogP contribution in [0.15, 0.2) is 36.5 Å². The summed E-state index contributed by atoms with van der Waals surface area (Å²) in [6, 6.07) is 8.60. The Morgan fingerprint density at radius 3 is 2.44 bits per heavy atom. The number of hydrogen-bond acceptors (Lipinski definition) is 6. The van der Waals surface area contributed by atoms with E-state index in [4.69, 9.17) is 9.05 Å². The Kier molecular flexibility index (Phi) is 7.31. The molecule has 1 heterocycles. The van der Waals surface area contributed by atoms with Gasteiger partial charge < -0.3 is 14.4 Å². The van der Waals surface area contributed by atoms with Gasteiger partial charge in [-0.25, -0.2) is 4.68 Å². The standard InChI is InChI=1S/C15H20BrN4O4P/c1-3-23-25(22,24-4-2)15(20-11-13(10-16)18-19-20)17-14(21)12-8-6-5-7-9-12/h5-9,11,15H,3-4,10H2,1-2H3,(H,17,21). The van der Waals surface area contributed by atoms with Crippen molar-refractivity contribution in [1.29, 1.82) is 0 Å². The Morgan fingerprint density at radius 2 is 1.92 bits per heavy atom. The summed E-state index contributed by atoms with van der Waals surface area (Å²) < 4.78 is 25.3. The molecule has 25 heavy (non-hydrogen) atoms. The second-order valence-corrected chi connectivity index (χ2v) is 7.56. The highest BCUT2D eigenvalue weighted by Gasteiger charge is 2.39. The summed E-state index contributed by atoms with van der Waals surface area (Å²) in [4.78, 5) is 12.5. The van der Waals surface area contributed by atoms with E-state index in [1.54, 1.807) is 50.4 Å². The van der Waals surface area contributed by atoms with Gasteiger partial charge in [-0.1, -0.05) is 39.3 Å². The maximum Gasteiger partial charge on any atom is 0.375 e. The van der Waals surface area contributed by atoms with Gasteiger partial charge in [-0.2, -0.15) is 0 Å². The number of halogens is 1. The van der Waals surface area contributed by atoms with Gasteiger partial charge in [-0.05, 0) is 26.0 Å². The van der Waals surface area contributed by atoms with Gasteiger partial charge in [0.1, 0.15) is 0 Å². The maximum atomic E-state index is 13.2. The molecule has 1 amide bonds. The monoisotopic (exact) mass is 430 g/mol. The molecule has 1 aromatic carbocycles. The largest absolute Gasteiger partial charge is 0.375 e. The van der Waals surface area contributed by atoms with Crippen LogP contribution in [0.3, 0.4) is 0 Å². The van der Waals surface area contributed by atoms with Crippen molar-refractivity contribution in [3.63, 3.8) is 0 Å². The zero-order valence-electron chi connectivity index (χ0n) is 14.0. The number of hydrogen-bond donors (Lipinski definition) is 1. The Balaban J connectivity index is 2.37. The van der Waals surface area contributed by atoms with E-state index < -0.39 is 19.4 Å². The van der Waals surface area contributed by atoms with Crippen LogP contribution in [0, 0.1) is 0 Å².